The van der Waals surface area contributed by atoms with Gasteiger partial charge in [-0.25, -0.2) is 9.78 Å². The van der Waals surface area contributed by atoms with Crippen molar-refractivity contribution in [2.75, 3.05) is 5.73 Å². The summed E-state index contributed by atoms with van der Waals surface area (Å²) in [6.45, 7) is 0. The molecule has 1 unspecified atom stereocenters. The van der Waals surface area contributed by atoms with E-state index >= 15 is 0 Å². The van der Waals surface area contributed by atoms with Crippen molar-refractivity contribution in [1.29, 1.82) is 0 Å². The number of amides is 1. The van der Waals surface area contributed by atoms with Crippen LogP contribution in [-0.2, 0) is 9.59 Å². The first-order valence-electron chi connectivity index (χ1n) is 8.88. The van der Waals surface area contributed by atoms with Gasteiger partial charge in [-0.3, -0.25) is 24.4 Å². The molecule has 13 nitrogen and oxygen atoms in total. The standard InChI is InChI=1S/C18H17N7O6/c19-18-24-14-13(16(29)25-18)22-11(23-14)7-20-9-3-1-8(2-4-9)15(28)21-10(17(30)31)5-6-12(26)27/h1-4,7,10H,5-6H2,(H,21,28)(H,26,27)(H,30,31)(H4,19,22,23,24,25,29). The third kappa shape index (κ3) is 5.29. The summed E-state index contributed by atoms with van der Waals surface area (Å²) >= 11 is 0. The van der Waals surface area contributed by atoms with Gasteiger partial charge >= 0.3 is 11.9 Å². The molecule has 2 aromatic heterocycles. The smallest absolute Gasteiger partial charge is 0.326 e. The lowest BCUT2D eigenvalue weighted by atomic mass is 10.1. The van der Waals surface area contributed by atoms with Crippen LogP contribution in [0, 0.1) is 0 Å². The minimum atomic E-state index is -1.32. The molecule has 0 fully saturated rings. The maximum Gasteiger partial charge on any atom is 0.326 e. The van der Waals surface area contributed by atoms with E-state index in [2.05, 4.69) is 30.2 Å². The van der Waals surface area contributed by atoms with Crippen LogP contribution in [0.1, 0.15) is 29.0 Å². The average molecular weight is 427 g/mol. The van der Waals surface area contributed by atoms with Gasteiger partial charge in [-0.2, -0.15) is 4.98 Å². The van der Waals surface area contributed by atoms with Gasteiger partial charge in [0, 0.05) is 12.0 Å². The fourth-order valence-electron chi connectivity index (χ4n) is 2.60. The molecule has 3 aromatic rings. The number of nitrogens with one attached hydrogen (secondary N) is 3. The molecular formula is C18H17N7O6. The summed E-state index contributed by atoms with van der Waals surface area (Å²) in [6, 6.07) is 4.59. The van der Waals surface area contributed by atoms with Crippen LogP contribution in [0.25, 0.3) is 11.2 Å². The van der Waals surface area contributed by atoms with Crippen LogP contribution in [0.3, 0.4) is 0 Å². The number of carbonyl (C=O) groups is 3. The number of aliphatic carboxylic acids is 2. The Labute approximate surface area is 173 Å². The van der Waals surface area contributed by atoms with E-state index in [1.807, 2.05) is 0 Å². The number of rotatable bonds is 8. The Morgan fingerprint density at radius 3 is 2.52 bits per heavy atom. The lowest BCUT2D eigenvalue weighted by molar-refractivity contribution is -0.140. The quantitative estimate of drug-likeness (QED) is 0.267. The van der Waals surface area contributed by atoms with Gasteiger partial charge < -0.3 is 26.2 Å². The van der Waals surface area contributed by atoms with Gasteiger partial charge in [0.25, 0.3) is 11.5 Å². The lowest BCUT2D eigenvalue weighted by Gasteiger charge is -2.13. The normalized spacial score (nSPS) is 12.1. The molecule has 0 saturated carbocycles. The number of nitrogen functional groups attached to an aromatic ring is 1. The van der Waals surface area contributed by atoms with Crippen molar-refractivity contribution in [3.05, 3.63) is 46.0 Å². The van der Waals surface area contributed by atoms with Crippen molar-refractivity contribution >= 4 is 46.9 Å². The summed E-state index contributed by atoms with van der Waals surface area (Å²) in [7, 11) is 0. The average Bonchev–Trinajstić information content (AvgIpc) is 3.12. The molecular weight excluding hydrogens is 410 g/mol. The first kappa shape index (κ1) is 21.2. The number of hydrogen-bond donors (Lipinski definition) is 6. The highest BCUT2D eigenvalue weighted by molar-refractivity contribution is 5.97. The topological polar surface area (TPSA) is 217 Å². The first-order valence-corrected chi connectivity index (χ1v) is 8.88. The minimum absolute atomic E-state index is 0.0607. The molecule has 160 valence electrons. The molecule has 1 atom stereocenters. The van der Waals surface area contributed by atoms with Crippen LogP contribution < -0.4 is 16.6 Å². The molecule has 0 radical (unpaired) electrons. The zero-order valence-corrected chi connectivity index (χ0v) is 15.8. The first-order chi connectivity index (χ1) is 14.7. The molecule has 0 bridgehead atoms. The van der Waals surface area contributed by atoms with Gasteiger partial charge in [-0.05, 0) is 30.7 Å². The number of aliphatic imine (C=N–C) groups is 1. The number of aromatic nitrogens is 4. The number of benzene rings is 1. The van der Waals surface area contributed by atoms with Crippen molar-refractivity contribution in [3.8, 4) is 0 Å². The van der Waals surface area contributed by atoms with Crippen molar-refractivity contribution in [3.63, 3.8) is 0 Å². The SMILES string of the molecule is Nc1nc2nc(C=Nc3ccc(C(=O)NC(CCC(=O)O)C(=O)O)cc3)[nH]c2c(=O)[nH]1. The maximum atomic E-state index is 12.2. The van der Waals surface area contributed by atoms with E-state index in [1.165, 1.54) is 30.5 Å². The van der Waals surface area contributed by atoms with Crippen LogP contribution in [-0.4, -0.2) is 60.3 Å². The van der Waals surface area contributed by atoms with Crippen molar-refractivity contribution in [1.82, 2.24) is 25.3 Å². The number of fused-ring (bicyclic) bond motifs is 1. The van der Waals surface area contributed by atoms with Gasteiger partial charge in [0.05, 0.1) is 11.9 Å². The van der Waals surface area contributed by atoms with E-state index in [9.17, 15) is 19.2 Å². The summed E-state index contributed by atoms with van der Waals surface area (Å²) in [6.07, 6.45) is 0.735. The van der Waals surface area contributed by atoms with E-state index < -0.39 is 29.4 Å². The lowest BCUT2D eigenvalue weighted by Crippen LogP contribution is -2.41. The molecule has 0 aliphatic rings. The molecule has 2 heterocycles. The molecule has 0 saturated heterocycles. The fraction of sp³-hybridized carbons (Fsp3) is 0.167. The monoisotopic (exact) mass is 427 g/mol. The largest absolute Gasteiger partial charge is 0.481 e. The number of nitrogens with two attached hydrogens (primary N) is 1. The number of imidazole rings is 1. The Kier molecular flexibility index (Phi) is 6.05. The second-order valence-corrected chi connectivity index (χ2v) is 6.37. The van der Waals surface area contributed by atoms with Crippen molar-refractivity contribution < 1.29 is 24.6 Å². The molecule has 7 N–H and O–H groups in total. The fourth-order valence-corrected chi connectivity index (χ4v) is 2.60. The summed E-state index contributed by atoms with van der Waals surface area (Å²) < 4.78 is 0. The number of carbonyl (C=O) groups excluding carboxylic acids is 1. The predicted octanol–water partition coefficient (Wildman–Crippen LogP) is 0.0268. The summed E-state index contributed by atoms with van der Waals surface area (Å²) in [5, 5.41) is 20.1. The van der Waals surface area contributed by atoms with E-state index in [1.54, 1.807) is 0 Å². The van der Waals surface area contributed by atoms with Gasteiger partial charge in [0.1, 0.15) is 6.04 Å². The second-order valence-electron chi connectivity index (χ2n) is 6.37. The van der Waals surface area contributed by atoms with Gasteiger partial charge in [-0.1, -0.05) is 0 Å². The highest BCUT2D eigenvalue weighted by Crippen LogP contribution is 2.14. The molecule has 1 amide bonds. The number of hydrogen-bond acceptors (Lipinski definition) is 8. The van der Waals surface area contributed by atoms with Gasteiger partial charge in [-0.15, -0.1) is 0 Å². The minimum Gasteiger partial charge on any atom is -0.481 e. The third-order valence-electron chi connectivity index (χ3n) is 4.11. The maximum absolute atomic E-state index is 12.2. The van der Waals surface area contributed by atoms with Crippen LogP contribution >= 0.6 is 0 Å². The zero-order chi connectivity index (χ0) is 22.5. The van der Waals surface area contributed by atoms with E-state index in [0.717, 1.165) is 0 Å². The molecule has 31 heavy (non-hydrogen) atoms. The van der Waals surface area contributed by atoms with E-state index in [0.29, 0.717) is 5.69 Å². The van der Waals surface area contributed by atoms with Gasteiger partial charge in [0.2, 0.25) is 5.95 Å². The van der Waals surface area contributed by atoms with E-state index in [-0.39, 0.29) is 41.3 Å². The summed E-state index contributed by atoms with van der Waals surface area (Å²) in [5.74, 6) is -2.93. The molecule has 0 aliphatic carbocycles. The van der Waals surface area contributed by atoms with Crippen LogP contribution in [0.2, 0.25) is 0 Å². The summed E-state index contributed by atoms with van der Waals surface area (Å²) in [4.78, 5) is 63.1. The van der Waals surface area contributed by atoms with Crippen molar-refractivity contribution in [2.24, 2.45) is 4.99 Å². The molecule has 0 aliphatic heterocycles. The predicted molar refractivity (Wildman–Crippen MR) is 108 cm³/mol. The Balaban J connectivity index is 1.69. The zero-order valence-electron chi connectivity index (χ0n) is 15.8. The Bertz CT molecular complexity index is 1230. The Morgan fingerprint density at radius 1 is 1.16 bits per heavy atom. The van der Waals surface area contributed by atoms with Crippen LogP contribution in [0.4, 0.5) is 11.6 Å². The Morgan fingerprint density at radius 2 is 1.87 bits per heavy atom. The number of aromatic amines is 2. The molecule has 1 aromatic carbocycles. The second kappa shape index (κ2) is 8.86. The molecule has 3 rings (SSSR count). The van der Waals surface area contributed by atoms with Crippen LogP contribution in [0.5, 0.6) is 0 Å². The number of anilines is 1. The summed E-state index contributed by atoms with van der Waals surface area (Å²) in [5.41, 5.74) is 5.93. The number of carboxylic acids is 2. The number of carboxylic acid groups (broad SMARTS) is 2. The third-order valence-corrected chi connectivity index (χ3v) is 4.11. The highest BCUT2D eigenvalue weighted by Gasteiger charge is 2.21. The van der Waals surface area contributed by atoms with E-state index in [4.69, 9.17) is 15.9 Å². The molecule has 13 heteroatoms. The number of H-pyrrole nitrogens is 2. The highest BCUT2D eigenvalue weighted by atomic mass is 16.4. The molecule has 0 spiro atoms. The Hall–Kier alpha value is -4.55. The number of nitrogens with zero attached hydrogens (tertiary/aromatic N) is 3. The van der Waals surface area contributed by atoms with Crippen molar-refractivity contribution in [2.45, 2.75) is 18.9 Å². The van der Waals surface area contributed by atoms with Gasteiger partial charge in [0.15, 0.2) is 17.0 Å². The van der Waals surface area contributed by atoms with Crippen LogP contribution in [0.15, 0.2) is 34.1 Å².